The molecule has 0 aromatic heterocycles. The number of unbranched alkanes of at least 4 members (excludes halogenated alkanes) is 1. The van der Waals surface area contributed by atoms with E-state index in [4.69, 9.17) is 4.74 Å². The summed E-state index contributed by atoms with van der Waals surface area (Å²) in [5, 5.41) is 9.96. The van der Waals surface area contributed by atoms with Gasteiger partial charge in [0, 0.05) is 23.7 Å². The Hall–Kier alpha value is -2.30. The highest BCUT2D eigenvalue weighted by Gasteiger charge is 2.42. The van der Waals surface area contributed by atoms with Gasteiger partial charge in [0.15, 0.2) is 15.9 Å². The number of nitrogens with zero attached hydrogens (tertiary/aromatic N) is 1. The van der Waals surface area contributed by atoms with Crippen molar-refractivity contribution >= 4 is 38.9 Å². The van der Waals surface area contributed by atoms with E-state index in [0.29, 0.717) is 29.2 Å². The number of benzene rings is 2. The molecule has 1 heterocycles. The molecule has 36 heavy (non-hydrogen) atoms. The Labute approximate surface area is 216 Å². The third kappa shape index (κ3) is 6.15. The minimum Gasteiger partial charge on any atom is -0.489 e. The number of aliphatic hydroxyl groups excluding tert-OH is 1. The topological polar surface area (TPSA) is 93.1 Å². The van der Waals surface area contributed by atoms with Crippen LogP contribution in [0.5, 0.6) is 5.75 Å². The minimum absolute atomic E-state index is 0.0238. The van der Waals surface area contributed by atoms with Gasteiger partial charge in [0.2, 0.25) is 0 Å². The first-order valence-electron chi connectivity index (χ1n) is 12.0. The van der Waals surface area contributed by atoms with Crippen LogP contribution in [0.4, 0.5) is 15.8 Å². The Morgan fingerprint density at radius 3 is 2.53 bits per heavy atom. The van der Waals surface area contributed by atoms with E-state index in [1.807, 2.05) is 18.1 Å². The number of ether oxygens (including phenoxy) is 2. The van der Waals surface area contributed by atoms with E-state index in [1.165, 1.54) is 30.0 Å². The van der Waals surface area contributed by atoms with E-state index < -0.39 is 27.3 Å². The first-order chi connectivity index (χ1) is 17.1. The van der Waals surface area contributed by atoms with Crippen LogP contribution in [0.2, 0.25) is 0 Å². The van der Waals surface area contributed by atoms with Crippen LogP contribution in [-0.2, 0) is 19.4 Å². The molecular formula is C26H34FNO6S2. The van der Waals surface area contributed by atoms with E-state index in [0.717, 1.165) is 26.4 Å². The summed E-state index contributed by atoms with van der Waals surface area (Å²) < 4.78 is 51.7. The number of aliphatic hydroxyl groups is 1. The highest BCUT2D eigenvalue weighted by Crippen LogP contribution is 2.47. The molecule has 1 aliphatic rings. The van der Waals surface area contributed by atoms with E-state index >= 15 is 0 Å². The van der Waals surface area contributed by atoms with Crippen LogP contribution in [0, 0.1) is 11.2 Å². The summed E-state index contributed by atoms with van der Waals surface area (Å²) in [6, 6.07) is 9.29. The average Bonchev–Trinajstić information content (AvgIpc) is 2.97. The smallest absolute Gasteiger partial charge is 0.338 e. The number of carbonyl (C=O) groups is 1. The molecule has 2 aromatic carbocycles. The predicted molar refractivity (Wildman–Crippen MR) is 139 cm³/mol. The molecular weight excluding hydrogens is 505 g/mol. The molecule has 0 aliphatic carbocycles. The fourth-order valence-corrected chi connectivity index (χ4v) is 7.25. The summed E-state index contributed by atoms with van der Waals surface area (Å²) in [5.41, 5.74) is 0.703. The molecule has 0 fully saturated rings. The third-order valence-corrected chi connectivity index (χ3v) is 9.43. The van der Waals surface area contributed by atoms with Crippen LogP contribution in [0.3, 0.4) is 0 Å². The molecule has 0 bridgehead atoms. The van der Waals surface area contributed by atoms with Crippen molar-refractivity contribution in [2.75, 3.05) is 37.2 Å². The van der Waals surface area contributed by atoms with Gasteiger partial charge in [0.25, 0.3) is 0 Å². The van der Waals surface area contributed by atoms with Crippen molar-refractivity contribution in [3.63, 3.8) is 0 Å². The van der Waals surface area contributed by atoms with Crippen LogP contribution in [-0.4, -0.2) is 57.9 Å². The number of methoxy groups -OCH3 is 1. The van der Waals surface area contributed by atoms with Crippen molar-refractivity contribution < 1.29 is 32.2 Å². The maximum absolute atomic E-state index is 13.8. The van der Waals surface area contributed by atoms with Crippen molar-refractivity contribution in [1.82, 2.24) is 0 Å². The lowest BCUT2D eigenvalue weighted by Gasteiger charge is -2.36. The molecule has 0 radical (unpaired) electrons. The van der Waals surface area contributed by atoms with E-state index in [9.17, 15) is 22.7 Å². The summed E-state index contributed by atoms with van der Waals surface area (Å²) in [5.74, 6) is -0.977. The molecule has 198 valence electrons. The zero-order valence-corrected chi connectivity index (χ0v) is 22.8. The lowest BCUT2D eigenvalue weighted by atomic mass is 9.81. The number of halogens is 1. The van der Waals surface area contributed by atoms with Crippen LogP contribution in [0.15, 0.2) is 46.2 Å². The predicted octanol–water partition coefficient (Wildman–Crippen LogP) is 4.97. The zero-order chi connectivity index (χ0) is 26.5. The first kappa shape index (κ1) is 28.3. The van der Waals surface area contributed by atoms with Crippen LogP contribution < -0.4 is 9.64 Å². The van der Waals surface area contributed by atoms with Gasteiger partial charge in [0.05, 0.1) is 28.3 Å². The number of hydrogen-bond acceptors (Lipinski definition) is 8. The van der Waals surface area contributed by atoms with E-state index in [1.54, 1.807) is 18.2 Å². The highest BCUT2D eigenvalue weighted by molar-refractivity contribution is 7.98. The van der Waals surface area contributed by atoms with Crippen LogP contribution in [0.25, 0.3) is 0 Å². The fourth-order valence-electron chi connectivity index (χ4n) is 4.53. The van der Waals surface area contributed by atoms with Gasteiger partial charge in [0.1, 0.15) is 18.2 Å². The van der Waals surface area contributed by atoms with Crippen molar-refractivity contribution in [1.29, 1.82) is 0 Å². The number of sulfone groups is 1. The maximum Gasteiger partial charge on any atom is 0.338 e. The number of carbonyl (C=O) groups excluding carboxylic acids is 1. The molecule has 0 spiro atoms. The molecule has 2 aromatic rings. The van der Waals surface area contributed by atoms with Gasteiger partial charge in [-0.3, -0.25) is 0 Å². The number of esters is 1. The average molecular weight is 540 g/mol. The van der Waals surface area contributed by atoms with Crippen molar-refractivity contribution in [2.24, 2.45) is 5.41 Å². The van der Waals surface area contributed by atoms with Crippen molar-refractivity contribution in [2.45, 2.75) is 55.4 Å². The Balaban J connectivity index is 2.17. The Kier molecular flexibility index (Phi) is 9.29. The van der Waals surface area contributed by atoms with E-state index in [2.05, 4.69) is 11.7 Å². The molecule has 2 unspecified atom stereocenters. The molecule has 2 atom stereocenters. The van der Waals surface area contributed by atoms with Crippen molar-refractivity contribution in [3.05, 3.63) is 42.2 Å². The largest absolute Gasteiger partial charge is 0.489 e. The highest BCUT2D eigenvalue weighted by atomic mass is 32.2. The second kappa shape index (κ2) is 11.8. The minimum atomic E-state index is -3.74. The Morgan fingerprint density at radius 2 is 1.94 bits per heavy atom. The molecule has 0 saturated carbocycles. The molecule has 1 aliphatic heterocycles. The number of hydrogen-bond donors (Lipinski definition) is 1. The van der Waals surface area contributed by atoms with Crippen molar-refractivity contribution in [3.8, 4) is 5.75 Å². The molecule has 10 heteroatoms. The maximum atomic E-state index is 13.8. The molecule has 3 rings (SSSR count). The summed E-state index contributed by atoms with van der Waals surface area (Å²) >= 11 is 1.36. The van der Waals surface area contributed by atoms with Gasteiger partial charge in [-0.25, -0.2) is 17.6 Å². The normalized spacial score (nSPS) is 19.8. The summed E-state index contributed by atoms with van der Waals surface area (Å²) in [6.45, 7) is 4.19. The SMILES string of the molecule is CCCCC1(CC)CN(c2ccc(F)cc2)c2cc(SC)c(OCC(O)C(=O)OC)cc2S(=O)(=O)C1. The van der Waals surface area contributed by atoms with Gasteiger partial charge < -0.3 is 19.5 Å². The Bertz CT molecular complexity index is 1170. The van der Waals surface area contributed by atoms with Gasteiger partial charge in [-0.15, -0.1) is 11.8 Å². The second-order valence-electron chi connectivity index (χ2n) is 9.10. The number of rotatable bonds is 10. The fraction of sp³-hybridized carbons (Fsp3) is 0.500. The lowest BCUT2D eigenvalue weighted by Crippen LogP contribution is -2.37. The quantitative estimate of drug-likeness (QED) is 0.334. The second-order valence-corrected chi connectivity index (χ2v) is 11.9. The number of thioether (sulfide) groups is 1. The standard InChI is InChI=1S/C26H34FNO6S2/c1-5-7-12-26(6-2)16-28(19-10-8-18(27)9-11-19)20-13-23(35-4)22(14-24(20)36(31,32)17-26)34-15-21(29)25(30)33-3/h8-11,13-14,21,29H,5-7,12,15-17H2,1-4H3. The summed E-state index contributed by atoms with van der Waals surface area (Å²) in [7, 11) is -2.58. The van der Waals surface area contributed by atoms with Gasteiger partial charge >= 0.3 is 5.97 Å². The van der Waals surface area contributed by atoms with Crippen LogP contribution in [0.1, 0.15) is 39.5 Å². The van der Waals surface area contributed by atoms with Gasteiger partial charge in [-0.05, 0) is 49.4 Å². The summed E-state index contributed by atoms with van der Waals surface area (Å²) in [4.78, 5) is 14.3. The molecule has 0 amide bonds. The first-order valence-corrected chi connectivity index (χ1v) is 14.8. The summed E-state index contributed by atoms with van der Waals surface area (Å²) in [6.07, 6.45) is 3.58. The molecule has 1 N–H and O–H groups in total. The lowest BCUT2D eigenvalue weighted by molar-refractivity contribution is -0.151. The monoisotopic (exact) mass is 539 g/mol. The Morgan fingerprint density at radius 1 is 1.25 bits per heavy atom. The number of fused-ring (bicyclic) bond motifs is 1. The van der Waals surface area contributed by atoms with E-state index in [-0.39, 0.29) is 28.8 Å². The molecule has 7 nitrogen and oxygen atoms in total. The number of anilines is 2. The van der Waals surface area contributed by atoms with Gasteiger partial charge in [-0.2, -0.15) is 0 Å². The third-order valence-electron chi connectivity index (χ3n) is 6.68. The zero-order valence-electron chi connectivity index (χ0n) is 21.1. The van der Waals surface area contributed by atoms with Gasteiger partial charge in [-0.1, -0.05) is 26.7 Å². The molecule has 0 saturated heterocycles. The van der Waals surface area contributed by atoms with Crippen LogP contribution >= 0.6 is 11.8 Å².